The van der Waals surface area contributed by atoms with Crippen molar-refractivity contribution < 1.29 is 20.8 Å². The Labute approximate surface area is 191 Å². The van der Waals surface area contributed by atoms with E-state index in [-0.39, 0.29) is 0 Å². The van der Waals surface area contributed by atoms with E-state index in [0.29, 0.717) is 0 Å². The molecule has 0 unspecified atom stereocenters. The normalized spacial score (nSPS) is 9.36. The van der Waals surface area contributed by atoms with Crippen LogP contribution < -0.4 is 0 Å². The van der Waals surface area contributed by atoms with Gasteiger partial charge in [0.05, 0.1) is 0 Å². The quantitative estimate of drug-likeness (QED) is 0.188. The van der Waals surface area contributed by atoms with Crippen molar-refractivity contribution in [2.24, 2.45) is 0 Å². The first-order chi connectivity index (χ1) is 13.5. The molecular weight excluding hydrogens is 478 g/mol. The van der Waals surface area contributed by atoms with Crippen LogP contribution in [-0.4, -0.2) is 9.52 Å². The van der Waals surface area contributed by atoms with Gasteiger partial charge < -0.3 is 0 Å². The predicted molar refractivity (Wildman–Crippen MR) is 127 cm³/mol. The monoisotopic (exact) mass is 504 g/mol. The van der Waals surface area contributed by atoms with Gasteiger partial charge in [0.1, 0.15) is 0 Å². The Bertz CT molecular complexity index is 771. The zero-order chi connectivity index (χ0) is 20.8. The van der Waals surface area contributed by atoms with Crippen molar-refractivity contribution in [1.82, 2.24) is 0 Å². The summed E-state index contributed by atoms with van der Waals surface area (Å²) in [6.07, 6.45) is 0. The molecule has 146 valence electrons. The molecule has 4 heteroatoms. The van der Waals surface area contributed by atoms with Gasteiger partial charge in [0.2, 0.25) is 0 Å². The molecule has 0 amide bonds. The van der Waals surface area contributed by atoms with Crippen molar-refractivity contribution in [3.8, 4) is 0 Å². The molecule has 0 saturated carbocycles. The van der Waals surface area contributed by atoms with E-state index in [0.717, 1.165) is 0 Å². The molecule has 0 aromatic heterocycles. The van der Waals surface area contributed by atoms with Crippen LogP contribution in [-0.2, 0) is 20.8 Å². The second-order valence-electron chi connectivity index (χ2n) is 6.35. The molecular formula is C24H28Cl2SiZr. The molecule has 2 radical (unpaired) electrons. The molecule has 0 aliphatic carbocycles. The summed E-state index contributed by atoms with van der Waals surface area (Å²) in [5, 5.41) is 5.39. The molecule has 0 spiro atoms. The zero-order valence-electron chi connectivity index (χ0n) is 17.1. The van der Waals surface area contributed by atoms with Crippen molar-refractivity contribution in [3.05, 3.63) is 83.9 Å². The van der Waals surface area contributed by atoms with Crippen molar-refractivity contribution in [2.45, 2.75) is 39.8 Å². The second kappa shape index (κ2) is 15.2. The van der Waals surface area contributed by atoms with E-state index >= 15 is 0 Å². The Hall–Kier alpha value is -0.660. The van der Waals surface area contributed by atoms with Gasteiger partial charge in [-0.3, -0.25) is 0 Å². The summed E-state index contributed by atoms with van der Waals surface area (Å²) in [6, 6.07) is 28.4. The molecule has 0 atom stereocenters. The Kier molecular flexibility index (Phi) is 13.8. The summed E-state index contributed by atoms with van der Waals surface area (Å²) in [5.74, 6) is 0. The minimum absolute atomic E-state index is 0.826. The van der Waals surface area contributed by atoms with Crippen molar-refractivity contribution >= 4 is 48.1 Å². The van der Waals surface area contributed by atoms with Gasteiger partial charge in [-0.15, -0.1) is 81.2 Å². The first kappa shape index (κ1) is 25.4. The van der Waals surface area contributed by atoms with Gasteiger partial charge in [-0.2, -0.15) is 12.1 Å². The predicted octanol–water partition coefficient (Wildman–Crippen LogP) is 8.68. The molecule has 0 aliphatic rings. The van der Waals surface area contributed by atoms with E-state index in [1.165, 1.54) is 54.3 Å². The number of fused-ring (bicyclic) bond motifs is 2. The fourth-order valence-corrected chi connectivity index (χ4v) is 3.36. The van der Waals surface area contributed by atoms with E-state index in [1.807, 2.05) is 0 Å². The number of halogens is 2. The van der Waals surface area contributed by atoms with Gasteiger partial charge in [-0.05, 0) is 0 Å². The first-order valence-electron chi connectivity index (χ1n) is 9.46. The topological polar surface area (TPSA) is 0 Å². The fraction of sp³-hybridized carbons (Fsp3) is 0.250. The Morgan fingerprint density at radius 2 is 1.11 bits per heavy atom. The fourth-order valence-electron chi connectivity index (χ4n) is 2.86. The van der Waals surface area contributed by atoms with Crippen LogP contribution in [0.4, 0.5) is 0 Å². The van der Waals surface area contributed by atoms with Crippen molar-refractivity contribution in [1.29, 1.82) is 0 Å². The average Bonchev–Trinajstić information content (AvgIpc) is 3.24. The summed E-state index contributed by atoms with van der Waals surface area (Å²) in [5.41, 5.74) is 2.70. The van der Waals surface area contributed by atoms with Crippen molar-refractivity contribution in [2.75, 3.05) is 0 Å². The summed E-state index contributed by atoms with van der Waals surface area (Å²) in [6.45, 7) is 8.70. The van der Waals surface area contributed by atoms with Crippen LogP contribution >= 0.6 is 17.0 Å². The third kappa shape index (κ3) is 9.70. The number of benzene rings is 2. The van der Waals surface area contributed by atoms with E-state index in [9.17, 15) is 0 Å². The van der Waals surface area contributed by atoms with Gasteiger partial charge in [0, 0.05) is 9.52 Å². The molecule has 4 aromatic carbocycles. The Morgan fingerprint density at radius 1 is 0.750 bits per heavy atom. The van der Waals surface area contributed by atoms with E-state index in [2.05, 4.69) is 100 Å². The van der Waals surface area contributed by atoms with Crippen LogP contribution in [0.1, 0.15) is 25.0 Å². The maximum atomic E-state index is 4.93. The SMILES string of the molecule is CC[Si]CC.Cc1cc2ccccc2[cH-]1.Cc1cc2ccccc2[cH-]1.[Cl][Zr+2][Cl]. The molecule has 0 saturated heterocycles. The molecule has 0 heterocycles. The third-order valence-electron chi connectivity index (χ3n) is 4.02. The van der Waals surface area contributed by atoms with E-state index in [4.69, 9.17) is 17.0 Å². The van der Waals surface area contributed by atoms with Crippen LogP contribution in [0.15, 0.2) is 72.8 Å². The van der Waals surface area contributed by atoms with Gasteiger partial charge in [0.25, 0.3) is 0 Å². The molecule has 4 rings (SSSR count). The van der Waals surface area contributed by atoms with Crippen LogP contribution in [0.25, 0.3) is 21.5 Å². The van der Waals surface area contributed by atoms with Crippen LogP contribution in [0.3, 0.4) is 0 Å². The van der Waals surface area contributed by atoms with Crippen molar-refractivity contribution in [3.63, 3.8) is 0 Å². The van der Waals surface area contributed by atoms with Crippen LogP contribution in [0.5, 0.6) is 0 Å². The number of hydrogen-bond acceptors (Lipinski definition) is 0. The van der Waals surface area contributed by atoms with E-state index in [1.54, 1.807) is 0 Å². The van der Waals surface area contributed by atoms with Crippen LogP contribution in [0.2, 0.25) is 12.1 Å². The van der Waals surface area contributed by atoms with Gasteiger partial charge in [0.15, 0.2) is 0 Å². The Balaban J connectivity index is 0.000000207. The summed E-state index contributed by atoms with van der Waals surface area (Å²) in [7, 11) is 11.1. The number of rotatable bonds is 2. The second-order valence-corrected chi connectivity index (χ2v) is 12.0. The molecule has 0 fully saturated rings. The molecule has 0 aliphatic heterocycles. The minimum atomic E-state index is -0.826. The molecule has 0 N–H and O–H groups in total. The molecule has 0 nitrogen and oxygen atoms in total. The average molecular weight is 507 g/mol. The standard InChI is InChI=1S/2C10H9.C4H10Si.2ClH.Zr/c2*1-8-6-9-4-2-3-5-10(9)7-8;1-3-5-4-2;;;/h2*2-7H,1H3;3-4H2,1-2H3;2*1H;/q2*-1;;;;+4/p-2. The van der Waals surface area contributed by atoms with Gasteiger partial charge >= 0.3 is 37.9 Å². The van der Waals surface area contributed by atoms with E-state index < -0.39 is 20.8 Å². The number of hydrogen-bond donors (Lipinski definition) is 0. The Morgan fingerprint density at radius 3 is 1.39 bits per heavy atom. The summed E-state index contributed by atoms with van der Waals surface area (Å²) < 4.78 is 0. The number of aryl methyl sites for hydroxylation is 2. The summed E-state index contributed by atoms with van der Waals surface area (Å²) in [4.78, 5) is 0. The zero-order valence-corrected chi connectivity index (χ0v) is 22.1. The van der Waals surface area contributed by atoms with Gasteiger partial charge in [-0.1, -0.05) is 51.9 Å². The summed E-state index contributed by atoms with van der Waals surface area (Å²) >= 11 is -0.826. The van der Waals surface area contributed by atoms with Gasteiger partial charge in [-0.25, -0.2) is 0 Å². The van der Waals surface area contributed by atoms with Crippen LogP contribution in [0, 0.1) is 13.8 Å². The molecule has 28 heavy (non-hydrogen) atoms. The first-order valence-corrected chi connectivity index (χ1v) is 17.2. The maximum absolute atomic E-state index is 4.93. The third-order valence-corrected chi connectivity index (χ3v) is 5.02. The molecule has 0 bridgehead atoms. The molecule has 4 aromatic rings.